The van der Waals surface area contributed by atoms with E-state index in [4.69, 9.17) is 10.5 Å². The maximum atomic E-state index is 13.1. The summed E-state index contributed by atoms with van der Waals surface area (Å²) in [5, 5.41) is 0. The molecule has 2 nitrogen and oxygen atoms in total. The smallest absolute Gasteiger partial charge is 0.166 e. The topological polar surface area (TPSA) is 35.2 Å². The van der Waals surface area contributed by atoms with Gasteiger partial charge in [-0.25, -0.2) is 4.39 Å². The number of rotatable bonds is 0. The Morgan fingerprint density at radius 3 is 3.08 bits per heavy atom. The molecular formula is C8H7BrFNO. The summed E-state index contributed by atoms with van der Waals surface area (Å²) in [5.74, 6) is -0.0574. The Bertz CT molecular complexity index is 329. The number of fused-ring (bicyclic) bond motifs is 1. The average molecular weight is 232 g/mol. The fraction of sp³-hybridized carbons (Fsp3) is 0.250. The van der Waals surface area contributed by atoms with Gasteiger partial charge in [-0.1, -0.05) is 15.9 Å². The zero-order valence-corrected chi connectivity index (χ0v) is 7.77. The summed E-state index contributed by atoms with van der Waals surface area (Å²) < 4.78 is 18.9. The molecule has 0 aromatic heterocycles. The zero-order valence-electron chi connectivity index (χ0n) is 6.18. The lowest BCUT2D eigenvalue weighted by Crippen LogP contribution is -2.10. The van der Waals surface area contributed by atoms with E-state index < -0.39 is 0 Å². The van der Waals surface area contributed by atoms with Gasteiger partial charge in [0.2, 0.25) is 0 Å². The largest absolute Gasteiger partial charge is 0.488 e. The van der Waals surface area contributed by atoms with Crippen LogP contribution in [0.5, 0.6) is 5.75 Å². The standard InChI is InChI=1S/C8H7BrFNO/c9-4-1-5-7(11)3-12-8(5)6(10)2-4/h1-2,7H,3,11H2/t7-/m1/s1. The third kappa shape index (κ3) is 1.11. The average Bonchev–Trinajstić information content (AvgIpc) is 2.33. The van der Waals surface area contributed by atoms with E-state index in [9.17, 15) is 4.39 Å². The van der Waals surface area contributed by atoms with Gasteiger partial charge >= 0.3 is 0 Å². The molecule has 0 fully saturated rings. The first-order valence-electron chi connectivity index (χ1n) is 3.56. The lowest BCUT2D eigenvalue weighted by Gasteiger charge is -2.01. The molecule has 0 saturated carbocycles. The minimum Gasteiger partial charge on any atom is -0.488 e. The van der Waals surface area contributed by atoms with Crippen molar-refractivity contribution in [2.75, 3.05) is 6.61 Å². The van der Waals surface area contributed by atoms with Gasteiger partial charge in [-0.15, -0.1) is 0 Å². The second-order valence-electron chi connectivity index (χ2n) is 2.72. The van der Waals surface area contributed by atoms with E-state index in [1.54, 1.807) is 6.07 Å². The van der Waals surface area contributed by atoms with Crippen LogP contribution in [0.2, 0.25) is 0 Å². The lowest BCUT2D eigenvalue weighted by atomic mass is 10.1. The van der Waals surface area contributed by atoms with Crippen LogP contribution in [0.25, 0.3) is 0 Å². The van der Waals surface area contributed by atoms with Crippen LogP contribution in [0.4, 0.5) is 4.39 Å². The molecule has 0 radical (unpaired) electrons. The van der Waals surface area contributed by atoms with Crippen LogP contribution >= 0.6 is 15.9 Å². The first-order valence-corrected chi connectivity index (χ1v) is 4.35. The van der Waals surface area contributed by atoms with E-state index >= 15 is 0 Å². The van der Waals surface area contributed by atoms with Gasteiger partial charge < -0.3 is 10.5 Å². The Labute approximate surface area is 77.6 Å². The van der Waals surface area contributed by atoms with Crippen molar-refractivity contribution < 1.29 is 9.13 Å². The fourth-order valence-electron chi connectivity index (χ4n) is 1.27. The number of ether oxygens (including phenoxy) is 1. The number of halogens is 2. The molecule has 0 bridgehead atoms. The maximum absolute atomic E-state index is 13.1. The van der Waals surface area contributed by atoms with Crippen molar-refractivity contribution >= 4 is 15.9 Å². The highest BCUT2D eigenvalue weighted by atomic mass is 79.9. The highest BCUT2D eigenvalue weighted by Crippen LogP contribution is 2.35. The summed E-state index contributed by atoms with van der Waals surface area (Å²) in [5.41, 5.74) is 6.41. The van der Waals surface area contributed by atoms with Crippen molar-refractivity contribution in [1.29, 1.82) is 0 Å². The molecule has 64 valence electrons. The van der Waals surface area contributed by atoms with E-state index in [0.29, 0.717) is 16.8 Å². The fourth-order valence-corrected chi connectivity index (χ4v) is 1.72. The van der Waals surface area contributed by atoms with Gasteiger partial charge in [0.1, 0.15) is 6.61 Å². The van der Waals surface area contributed by atoms with E-state index in [1.807, 2.05) is 0 Å². The van der Waals surface area contributed by atoms with Gasteiger partial charge in [0.05, 0.1) is 6.04 Å². The second-order valence-corrected chi connectivity index (χ2v) is 3.64. The molecule has 1 aromatic rings. The van der Waals surface area contributed by atoms with E-state index in [2.05, 4.69) is 15.9 Å². The zero-order chi connectivity index (χ0) is 8.72. The minimum atomic E-state index is -0.354. The van der Waals surface area contributed by atoms with Crippen LogP contribution in [-0.2, 0) is 0 Å². The highest BCUT2D eigenvalue weighted by Gasteiger charge is 2.24. The van der Waals surface area contributed by atoms with Crippen LogP contribution in [0.1, 0.15) is 11.6 Å². The van der Waals surface area contributed by atoms with Gasteiger partial charge in [-0.05, 0) is 12.1 Å². The Morgan fingerprint density at radius 1 is 1.58 bits per heavy atom. The molecule has 1 aliphatic rings. The van der Waals surface area contributed by atoms with Gasteiger partial charge in [0.15, 0.2) is 11.6 Å². The van der Waals surface area contributed by atoms with E-state index in [1.165, 1.54) is 6.07 Å². The van der Waals surface area contributed by atoms with Crippen molar-refractivity contribution in [3.05, 3.63) is 28.0 Å². The molecule has 0 saturated heterocycles. The summed E-state index contributed by atoms with van der Waals surface area (Å²) in [6, 6.07) is 2.96. The molecule has 1 heterocycles. The van der Waals surface area contributed by atoms with Gasteiger partial charge in [-0.3, -0.25) is 0 Å². The van der Waals surface area contributed by atoms with Crippen LogP contribution < -0.4 is 10.5 Å². The van der Waals surface area contributed by atoms with Crippen molar-refractivity contribution in [3.63, 3.8) is 0 Å². The number of nitrogens with two attached hydrogens (primary N) is 1. The number of hydrogen-bond donors (Lipinski definition) is 1. The summed E-state index contributed by atoms with van der Waals surface area (Å²) in [6.45, 7) is 0.364. The van der Waals surface area contributed by atoms with E-state index in [0.717, 1.165) is 5.56 Å². The van der Waals surface area contributed by atoms with E-state index in [-0.39, 0.29) is 11.9 Å². The Kier molecular flexibility index (Phi) is 1.81. The monoisotopic (exact) mass is 231 g/mol. The Balaban J connectivity index is 2.60. The quantitative estimate of drug-likeness (QED) is 0.742. The maximum Gasteiger partial charge on any atom is 0.166 e. The van der Waals surface area contributed by atoms with Crippen molar-refractivity contribution in [1.82, 2.24) is 0 Å². The summed E-state index contributed by atoms with van der Waals surface area (Å²) in [4.78, 5) is 0. The predicted molar refractivity (Wildman–Crippen MR) is 46.5 cm³/mol. The minimum absolute atomic E-state index is 0.202. The molecule has 2 N–H and O–H groups in total. The Morgan fingerprint density at radius 2 is 2.33 bits per heavy atom. The number of hydrogen-bond acceptors (Lipinski definition) is 2. The van der Waals surface area contributed by atoms with Gasteiger partial charge in [0, 0.05) is 10.0 Å². The van der Waals surface area contributed by atoms with Crippen LogP contribution in [0.3, 0.4) is 0 Å². The van der Waals surface area contributed by atoms with Crippen molar-refractivity contribution in [2.45, 2.75) is 6.04 Å². The summed E-state index contributed by atoms with van der Waals surface area (Å²) in [7, 11) is 0. The molecule has 1 atom stereocenters. The molecule has 2 rings (SSSR count). The first-order chi connectivity index (χ1) is 5.68. The predicted octanol–water partition coefficient (Wildman–Crippen LogP) is 1.98. The second kappa shape index (κ2) is 2.71. The normalized spacial score (nSPS) is 20.4. The van der Waals surface area contributed by atoms with Gasteiger partial charge in [-0.2, -0.15) is 0 Å². The molecule has 4 heteroatoms. The Hall–Kier alpha value is -0.610. The first kappa shape index (κ1) is 8.01. The third-order valence-corrected chi connectivity index (χ3v) is 2.30. The molecule has 1 aliphatic heterocycles. The molecule has 12 heavy (non-hydrogen) atoms. The molecule has 0 aliphatic carbocycles. The molecule has 1 aromatic carbocycles. The highest BCUT2D eigenvalue weighted by molar-refractivity contribution is 9.10. The number of benzene rings is 1. The van der Waals surface area contributed by atoms with Crippen molar-refractivity contribution in [3.8, 4) is 5.75 Å². The van der Waals surface area contributed by atoms with Crippen LogP contribution in [0, 0.1) is 5.82 Å². The summed E-state index contributed by atoms with van der Waals surface area (Å²) >= 11 is 3.19. The molecule has 0 unspecified atom stereocenters. The van der Waals surface area contributed by atoms with Crippen LogP contribution in [-0.4, -0.2) is 6.61 Å². The molecule has 0 amide bonds. The summed E-state index contributed by atoms with van der Waals surface area (Å²) in [6.07, 6.45) is 0. The van der Waals surface area contributed by atoms with Crippen LogP contribution in [0.15, 0.2) is 16.6 Å². The lowest BCUT2D eigenvalue weighted by molar-refractivity contribution is 0.319. The SMILES string of the molecule is N[C@@H]1COc2c(F)cc(Br)cc21. The van der Waals surface area contributed by atoms with Crippen molar-refractivity contribution in [2.24, 2.45) is 5.73 Å². The molecule has 0 spiro atoms. The van der Waals surface area contributed by atoms with Gasteiger partial charge in [0.25, 0.3) is 0 Å². The molecular weight excluding hydrogens is 225 g/mol. The third-order valence-electron chi connectivity index (χ3n) is 1.84.